The molecule has 33 heavy (non-hydrogen) atoms. The number of carbonyl (C=O) groups is 1. The van der Waals surface area contributed by atoms with Gasteiger partial charge in [-0.15, -0.1) is 35.4 Å². The summed E-state index contributed by atoms with van der Waals surface area (Å²) < 4.78 is 0. The zero-order valence-electron chi connectivity index (χ0n) is 20.0. The van der Waals surface area contributed by atoms with Crippen LogP contribution in [-0.2, 0) is 30.3 Å². The number of hydrogen-bond acceptors (Lipinski definition) is 3. The van der Waals surface area contributed by atoms with Crippen molar-refractivity contribution in [3.05, 3.63) is 77.1 Å². The average molecular weight is 619 g/mol. The van der Waals surface area contributed by atoms with E-state index in [2.05, 4.69) is 69.3 Å². The molecule has 1 heterocycles. The average Bonchev–Trinajstić information content (AvgIpc) is 3.35. The fourth-order valence-electron chi connectivity index (χ4n) is 5.15. The number of para-hydroxylation sites is 1. The van der Waals surface area contributed by atoms with Crippen LogP contribution in [0.3, 0.4) is 0 Å². The summed E-state index contributed by atoms with van der Waals surface area (Å²) in [5.74, 6) is 1.37. The number of rotatable bonds is 2. The van der Waals surface area contributed by atoms with E-state index in [1.165, 1.54) is 61.4 Å². The van der Waals surface area contributed by atoms with E-state index in [1.807, 2.05) is 0 Å². The van der Waals surface area contributed by atoms with Gasteiger partial charge in [0, 0.05) is 31.6 Å². The zero-order valence-corrected chi connectivity index (χ0v) is 22.4. The molecule has 2 atom stereocenters. The molecule has 2 aliphatic carbocycles. The molecule has 3 aromatic rings. The van der Waals surface area contributed by atoms with Gasteiger partial charge in [-0.1, -0.05) is 44.5 Å². The second-order valence-electron chi connectivity index (χ2n) is 10.1. The molecule has 1 saturated carbocycles. The van der Waals surface area contributed by atoms with Gasteiger partial charge in [-0.05, 0) is 67.7 Å². The molecule has 1 aromatic heterocycles. The van der Waals surface area contributed by atoms with Crippen LogP contribution in [0.5, 0.6) is 0 Å². The molecule has 2 bridgehead atoms. The van der Waals surface area contributed by atoms with Crippen LogP contribution in [0.25, 0.3) is 22.2 Å². The molecule has 1 fully saturated rings. The van der Waals surface area contributed by atoms with Crippen molar-refractivity contribution in [1.82, 2.24) is 4.98 Å². The summed E-state index contributed by atoms with van der Waals surface area (Å²) in [6.45, 7) is 9.60. The maximum Gasteiger partial charge on any atom is 0.155 e. The van der Waals surface area contributed by atoms with Crippen molar-refractivity contribution in [2.45, 2.75) is 71.1 Å². The molecule has 0 aliphatic heterocycles. The Morgan fingerprint density at radius 3 is 2.27 bits per heavy atom. The fourth-order valence-corrected chi connectivity index (χ4v) is 5.15. The van der Waals surface area contributed by atoms with E-state index in [9.17, 15) is 4.79 Å². The molecule has 0 amide bonds. The Hall–Kier alpha value is -2.29. The summed E-state index contributed by atoms with van der Waals surface area (Å²) in [6, 6.07) is 18.9. The Morgan fingerprint density at radius 2 is 1.73 bits per heavy atom. The van der Waals surface area contributed by atoms with Crippen LogP contribution in [0.1, 0.15) is 82.4 Å². The molecule has 4 heteroatoms. The number of pyridine rings is 1. The van der Waals surface area contributed by atoms with Crippen LogP contribution in [0.2, 0.25) is 0 Å². The Bertz CT molecular complexity index is 1180. The number of aliphatic hydroxyl groups is 1. The monoisotopic (exact) mass is 619 g/mol. The summed E-state index contributed by atoms with van der Waals surface area (Å²) in [4.78, 5) is 15.1. The zero-order chi connectivity index (χ0) is 23.0. The Kier molecular flexibility index (Phi) is 7.61. The third-order valence-corrected chi connectivity index (χ3v) is 6.57. The maximum absolute atomic E-state index is 10.0. The van der Waals surface area contributed by atoms with Gasteiger partial charge >= 0.3 is 0 Å². The number of hydrogen-bond donors (Lipinski definition) is 1. The number of carbonyl (C=O) groups excluding carboxylic acids is 1. The van der Waals surface area contributed by atoms with Gasteiger partial charge in [0.25, 0.3) is 0 Å². The van der Waals surface area contributed by atoms with Crippen LogP contribution >= 0.6 is 0 Å². The SMILES string of the molecule is CC(=O)C=C(C)O.CC(C)(C)c1c[c-]c(-c2nc3ccccc3c3c2C2CCC3C2)cc1.[Ir]. The van der Waals surface area contributed by atoms with Crippen molar-refractivity contribution in [2.24, 2.45) is 0 Å². The standard InChI is InChI=1S/C24H24N.C5H8O2.Ir/c1-24(2,3)18-12-10-15(11-13-18)23-22-17-9-8-16(14-17)21(22)19-6-4-5-7-20(19)25-23;1-4(6)3-5(2)7;/h4-7,10,12-13,16-17H,8-9,14H2,1-3H3;3,6H,1-2H3;/q-1;;. The third-order valence-electron chi connectivity index (χ3n) is 6.57. The van der Waals surface area contributed by atoms with E-state index in [0.29, 0.717) is 5.92 Å². The molecule has 175 valence electrons. The van der Waals surface area contributed by atoms with Gasteiger partial charge in [0.05, 0.1) is 11.3 Å². The van der Waals surface area contributed by atoms with E-state index >= 15 is 0 Å². The molecule has 3 nitrogen and oxygen atoms in total. The van der Waals surface area contributed by atoms with Crippen molar-refractivity contribution in [3.63, 3.8) is 0 Å². The first kappa shape index (κ1) is 25.3. The van der Waals surface area contributed by atoms with Crippen LogP contribution in [0, 0.1) is 6.07 Å². The van der Waals surface area contributed by atoms with Gasteiger partial charge in [-0.3, -0.25) is 9.78 Å². The minimum Gasteiger partial charge on any atom is -0.512 e. The smallest absolute Gasteiger partial charge is 0.155 e. The normalized spacial score (nSPS) is 18.9. The molecule has 2 aliphatic rings. The number of benzene rings is 2. The molecule has 5 rings (SSSR count). The fraction of sp³-hybridized carbons (Fsp3) is 0.379. The van der Waals surface area contributed by atoms with Crippen LogP contribution in [-0.4, -0.2) is 15.9 Å². The quantitative estimate of drug-likeness (QED) is 0.185. The molecule has 2 unspecified atom stereocenters. The van der Waals surface area contributed by atoms with E-state index < -0.39 is 0 Å². The molecule has 1 radical (unpaired) electrons. The van der Waals surface area contributed by atoms with Gasteiger partial charge in [0.15, 0.2) is 5.78 Å². The van der Waals surface area contributed by atoms with Gasteiger partial charge in [-0.2, -0.15) is 0 Å². The first-order valence-electron chi connectivity index (χ1n) is 11.5. The molecular weight excluding hydrogens is 587 g/mol. The van der Waals surface area contributed by atoms with Crippen molar-refractivity contribution in [2.75, 3.05) is 0 Å². The summed E-state index contributed by atoms with van der Waals surface area (Å²) in [5, 5.41) is 9.74. The number of allylic oxidation sites excluding steroid dienone is 2. The first-order valence-corrected chi connectivity index (χ1v) is 11.5. The summed E-state index contributed by atoms with van der Waals surface area (Å²) in [5.41, 5.74) is 8.07. The minimum absolute atomic E-state index is 0. The van der Waals surface area contributed by atoms with E-state index in [4.69, 9.17) is 10.1 Å². The minimum atomic E-state index is -0.125. The van der Waals surface area contributed by atoms with Crippen LogP contribution < -0.4 is 0 Å². The van der Waals surface area contributed by atoms with E-state index in [1.54, 1.807) is 5.56 Å². The number of nitrogens with zero attached hydrogens (tertiary/aromatic N) is 1. The van der Waals surface area contributed by atoms with Gasteiger partial charge in [-0.25, -0.2) is 0 Å². The van der Waals surface area contributed by atoms with E-state index in [0.717, 1.165) is 17.0 Å². The number of aromatic nitrogens is 1. The van der Waals surface area contributed by atoms with Crippen molar-refractivity contribution < 1.29 is 30.0 Å². The van der Waals surface area contributed by atoms with Gasteiger partial charge in [0.2, 0.25) is 0 Å². The molecule has 2 aromatic carbocycles. The second kappa shape index (κ2) is 9.91. The largest absolute Gasteiger partial charge is 0.512 e. The van der Waals surface area contributed by atoms with Gasteiger partial charge in [0.1, 0.15) is 0 Å². The molecule has 1 N–H and O–H groups in total. The number of ketones is 1. The summed E-state index contributed by atoms with van der Waals surface area (Å²) in [7, 11) is 0. The number of fused-ring (bicyclic) bond motifs is 7. The third kappa shape index (κ3) is 5.28. The predicted octanol–water partition coefficient (Wildman–Crippen LogP) is 7.40. The van der Waals surface area contributed by atoms with Crippen LogP contribution in [0.4, 0.5) is 0 Å². The van der Waals surface area contributed by atoms with Gasteiger partial charge < -0.3 is 5.11 Å². The van der Waals surface area contributed by atoms with Crippen molar-refractivity contribution in [1.29, 1.82) is 0 Å². The second-order valence-corrected chi connectivity index (χ2v) is 10.1. The summed E-state index contributed by atoms with van der Waals surface area (Å²) >= 11 is 0. The Balaban J connectivity index is 0.000000337. The van der Waals surface area contributed by atoms with Crippen molar-refractivity contribution >= 4 is 16.7 Å². The van der Waals surface area contributed by atoms with Crippen molar-refractivity contribution in [3.8, 4) is 11.3 Å². The maximum atomic E-state index is 10.0. The molecule has 0 saturated heterocycles. The predicted molar refractivity (Wildman–Crippen MR) is 131 cm³/mol. The van der Waals surface area contributed by atoms with E-state index in [-0.39, 0.29) is 37.1 Å². The topological polar surface area (TPSA) is 50.2 Å². The Labute approximate surface area is 210 Å². The first-order chi connectivity index (χ1) is 15.1. The molecule has 0 spiro atoms. The molecular formula is C29H32IrNO2-. The van der Waals surface area contributed by atoms with Crippen LogP contribution in [0.15, 0.2) is 54.3 Å². The number of aliphatic hydroxyl groups excluding tert-OH is 1. The Morgan fingerprint density at radius 1 is 1.06 bits per heavy atom. The summed E-state index contributed by atoms with van der Waals surface area (Å²) in [6.07, 6.45) is 5.15.